The third kappa shape index (κ3) is 1.87. The van der Waals surface area contributed by atoms with Gasteiger partial charge in [-0.2, -0.15) is 5.10 Å². The fraction of sp³-hybridized carbons (Fsp3) is 0.357. The SMILES string of the molecule is Cc1cnn(C)c1-c1ccc(C(C)C)cc1. The predicted octanol–water partition coefficient (Wildman–Crippen LogP) is 3.52. The molecule has 16 heavy (non-hydrogen) atoms. The Balaban J connectivity index is 2.42. The Kier molecular flexibility index (Phi) is 2.82. The predicted molar refractivity (Wildman–Crippen MR) is 67.5 cm³/mol. The van der Waals surface area contributed by atoms with Gasteiger partial charge in [0, 0.05) is 12.6 Å². The van der Waals surface area contributed by atoms with Gasteiger partial charge in [-0.05, 0) is 24.0 Å². The maximum Gasteiger partial charge on any atom is 0.0708 e. The van der Waals surface area contributed by atoms with Gasteiger partial charge in [0.25, 0.3) is 0 Å². The van der Waals surface area contributed by atoms with Gasteiger partial charge in [0.05, 0.1) is 11.9 Å². The molecule has 2 heteroatoms. The fourth-order valence-electron chi connectivity index (χ4n) is 1.99. The first kappa shape index (κ1) is 10.9. The molecule has 1 heterocycles. The van der Waals surface area contributed by atoms with Gasteiger partial charge in [-0.25, -0.2) is 0 Å². The van der Waals surface area contributed by atoms with Gasteiger partial charge >= 0.3 is 0 Å². The molecule has 84 valence electrons. The van der Waals surface area contributed by atoms with E-state index in [1.165, 1.54) is 22.4 Å². The van der Waals surface area contributed by atoms with E-state index >= 15 is 0 Å². The second kappa shape index (κ2) is 4.12. The van der Waals surface area contributed by atoms with Gasteiger partial charge in [0.1, 0.15) is 0 Å². The summed E-state index contributed by atoms with van der Waals surface area (Å²) in [5, 5.41) is 4.27. The number of aryl methyl sites for hydroxylation is 2. The summed E-state index contributed by atoms with van der Waals surface area (Å²) < 4.78 is 1.93. The summed E-state index contributed by atoms with van der Waals surface area (Å²) in [7, 11) is 1.98. The second-order valence-corrected chi connectivity index (χ2v) is 4.58. The standard InChI is InChI=1S/C14H18N2/c1-10(2)12-5-7-13(8-6-12)14-11(3)9-15-16(14)4/h5-10H,1-4H3. The molecule has 0 aliphatic carbocycles. The lowest BCUT2D eigenvalue weighted by molar-refractivity contribution is 0.775. The molecular formula is C14H18N2. The van der Waals surface area contributed by atoms with Crippen LogP contribution in [-0.4, -0.2) is 9.78 Å². The van der Waals surface area contributed by atoms with Crippen molar-refractivity contribution in [2.75, 3.05) is 0 Å². The average molecular weight is 214 g/mol. The topological polar surface area (TPSA) is 17.8 Å². The molecule has 0 saturated heterocycles. The van der Waals surface area contributed by atoms with Crippen LogP contribution in [0.1, 0.15) is 30.9 Å². The van der Waals surface area contributed by atoms with Crippen molar-refractivity contribution >= 4 is 0 Å². The van der Waals surface area contributed by atoms with E-state index in [0.717, 1.165) is 0 Å². The van der Waals surface area contributed by atoms with Crippen LogP contribution in [-0.2, 0) is 7.05 Å². The van der Waals surface area contributed by atoms with E-state index in [1.54, 1.807) is 0 Å². The van der Waals surface area contributed by atoms with Gasteiger partial charge in [-0.15, -0.1) is 0 Å². The van der Waals surface area contributed by atoms with Crippen LogP contribution in [0.4, 0.5) is 0 Å². The van der Waals surface area contributed by atoms with Crippen LogP contribution in [0.2, 0.25) is 0 Å². The molecule has 0 atom stereocenters. The Morgan fingerprint density at radius 2 is 1.75 bits per heavy atom. The summed E-state index contributed by atoms with van der Waals surface area (Å²) in [6, 6.07) is 8.76. The van der Waals surface area contributed by atoms with E-state index in [9.17, 15) is 0 Å². The van der Waals surface area contributed by atoms with Gasteiger partial charge in [-0.1, -0.05) is 38.1 Å². The van der Waals surface area contributed by atoms with Crippen LogP contribution in [0, 0.1) is 6.92 Å². The lowest BCUT2D eigenvalue weighted by atomic mass is 10.00. The van der Waals surface area contributed by atoms with Crippen molar-refractivity contribution < 1.29 is 0 Å². The number of rotatable bonds is 2. The highest BCUT2D eigenvalue weighted by Crippen LogP contribution is 2.24. The first-order valence-electron chi connectivity index (χ1n) is 5.68. The van der Waals surface area contributed by atoms with Crippen molar-refractivity contribution in [1.82, 2.24) is 9.78 Å². The number of benzene rings is 1. The Morgan fingerprint density at radius 3 is 2.19 bits per heavy atom. The molecule has 0 spiro atoms. The summed E-state index contributed by atoms with van der Waals surface area (Å²) in [6.45, 7) is 6.52. The highest BCUT2D eigenvalue weighted by molar-refractivity contribution is 5.63. The summed E-state index contributed by atoms with van der Waals surface area (Å²) in [4.78, 5) is 0. The molecule has 0 fully saturated rings. The van der Waals surface area contributed by atoms with Crippen molar-refractivity contribution in [3.8, 4) is 11.3 Å². The van der Waals surface area contributed by atoms with Crippen molar-refractivity contribution in [1.29, 1.82) is 0 Å². The molecule has 0 amide bonds. The zero-order chi connectivity index (χ0) is 11.7. The van der Waals surface area contributed by atoms with Gasteiger partial charge in [0.2, 0.25) is 0 Å². The Hall–Kier alpha value is -1.57. The average Bonchev–Trinajstić information content (AvgIpc) is 2.59. The summed E-state index contributed by atoms with van der Waals surface area (Å²) in [5.41, 5.74) is 5.04. The van der Waals surface area contributed by atoms with E-state index in [-0.39, 0.29) is 0 Å². The highest BCUT2D eigenvalue weighted by Gasteiger charge is 2.07. The zero-order valence-electron chi connectivity index (χ0n) is 10.4. The van der Waals surface area contributed by atoms with Crippen molar-refractivity contribution in [3.63, 3.8) is 0 Å². The maximum absolute atomic E-state index is 4.27. The zero-order valence-corrected chi connectivity index (χ0v) is 10.4. The van der Waals surface area contributed by atoms with Crippen LogP contribution in [0.3, 0.4) is 0 Å². The quantitative estimate of drug-likeness (QED) is 0.748. The normalized spacial score (nSPS) is 11.1. The largest absolute Gasteiger partial charge is 0.268 e. The van der Waals surface area contributed by atoms with Gasteiger partial charge in [-0.3, -0.25) is 4.68 Å². The van der Waals surface area contributed by atoms with Gasteiger partial charge < -0.3 is 0 Å². The third-order valence-electron chi connectivity index (χ3n) is 2.97. The first-order chi connectivity index (χ1) is 7.59. The van der Waals surface area contributed by atoms with E-state index in [1.807, 2.05) is 17.9 Å². The summed E-state index contributed by atoms with van der Waals surface area (Å²) >= 11 is 0. The van der Waals surface area contributed by atoms with Crippen molar-refractivity contribution in [2.45, 2.75) is 26.7 Å². The number of aromatic nitrogens is 2. The number of hydrogen-bond acceptors (Lipinski definition) is 1. The molecule has 0 unspecified atom stereocenters. The molecule has 0 bridgehead atoms. The van der Waals surface area contributed by atoms with E-state index in [0.29, 0.717) is 5.92 Å². The van der Waals surface area contributed by atoms with Crippen LogP contribution in [0.25, 0.3) is 11.3 Å². The number of hydrogen-bond donors (Lipinski definition) is 0. The Bertz CT molecular complexity index is 458. The summed E-state index contributed by atoms with van der Waals surface area (Å²) in [6.07, 6.45) is 1.91. The molecule has 0 saturated carbocycles. The Labute approximate surface area is 96.9 Å². The van der Waals surface area contributed by atoms with Crippen molar-refractivity contribution in [3.05, 3.63) is 41.6 Å². The summed E-state index contributed by atoms with van der Waals surface area (Å²) in [5.74, 6) is 0.585. The third-order valence-corrected chi connectivity index (χ3v) is 2.97. The first-order valence-corrected chi connectivity index (χ1v) is 5.68. The molecule has 2 aromatic rings. The molecule has 0 aliphatic rings. The lowest BCUT2D eigenvalue weighted by Crippen LogP contribution is -1.95. The van der Waals surface area contributed by atoms with Crippen LogP contribution in [0.15, 0.2) is 30.5 Å². The van der Waals surface area contributed by atoms with Crippen LogP contribution in [0.5, 0.6) is 0 Å². The van der Waals surface area contributed by atoms with E-state index < -0.39 is 0 Å². The molecular weight excluding hydrogens is 196 g/mol. The van der Waals surface area contributed by atoms with Crippen molar-refractivity contribution in [2.24, 2.45) is 7.05 Å². The minimum atomic E-state index is 0.585. The molecule has 1 aromatic heterocycles. The molecule has 0 radical (unpaired) electrons. The van der Waals surface area contributed by atoms with Gasteiger partial charge in [0.15, 0.2) is 0 Å². The second-order valence-electron chi connectivity index (χ2n) is 4.58. The Morgan fingerprint density at radius 1 is 1.12 bits per heavy atom. The van der Waals surface area contributed by atoms with Crippen LogP contribution < -0.4 is 0 Å². The number of nitrogens with zero attached hydrogens (tertiary/aromatic N) is 2. The highest BCUT2D eigenvalue weighted by atomic mass is 15.3. The molecule has 2 nitrogen and oxygen atoms in total. The molecule has 0 N–H and O–H groups in total. The lowest BCUT2D eigenvalue weighted by Gasteiger charge is -2.08. The minimum Gasteiger partial charge on any atom is -0.268 e. The minimum absolute atomic E-state index is 0.585. The molecule has 1 aromatic carbocycles. The monoisotopic (exact) mass is 214 g/mol. The van der Waals surface area contributed by atoms with E-state index in [2.05, 4.69) is 50.1 Å². The molecule has 2 rings (SSSR count). The van der Waals surface area contributed by atoms with Crippen LogP contribution >= 0.6 is 0 Å². The molecule has 0 aliphatic heterocycles. The van der Waals surface area contributed by atoms with E-state index in [4.69, 9.17) is 0 Å². The smallest absolute Gasteiger partial charge is 0.0708 e. The fourth-order valence-corrected chi connectivity index (χ4v) is 1.99. The maximum atomic E-state index is 4.27.